The standard InChI is InChI=1S/C25H34F3N3O2S/c1-17(2)15-31-16-21(24(3,4)5)34-23(31)29-22(32)19-14-18(25(26,27)28)8-9-20(19)33-13-12-30-10-6-7-11-30/h8-9,14,16-17H,6-7,10-13,15H2,1-5H3. The van der Waals surface area contributed by atoms with E-state index in [4.69, 9.17) is 4.74 Å². The van der Waals surface area contributed by atoms with Crippen molar-refractivity contribution in [3.63, 3.8) is 0 Å². The molecule has 0 bridgehead atoms. The van der Waals surface area contributed by atoms with E-state index in [2.05, 4.69) is 44.5 Å². The fourth-order valence-corrected chi connectivity index (χ4v) is 4.83. The Labute approximate surface area is 203 Å². The van der Waals surface area contributed by atoms with Gasteiger partial charge in [-0.2, -0.15) is 18.2 Å². The molecule has 3 rings (SSSR count). The summed E-state index contributed by atoms with van der Waals surface area (Å²) >= 11 is 1.39. The quantitative estimate of drug-likeness (QED) is 0.490. The number of likely N-dealkylation sites (tertiary alicyclic amines) is 1. The maximum absolute atomic E-state index is 13.4. The molecule has 1 aromatic carbocycles. The van der Waals surface area contributed by atoms with Crippen LogP contribution in [0.25, 0.3) is 0 Å². The molecular formula is C25H34F3N3O2S. The Morgan fingerprint density at radius 1 is 1.18 bits per heavy atom. The molecule has 188 valence electrons. The van der Waals surface area contributed by atoms with Gasteiger partial charge < -0.3 is 9.30 Å². The molecule has 0 unspecified atom stereocenters. The maximum Gasteiger partial charge on any atom is 0.416 e. The van der Waals surface area contributed by atoms with Crippen LogP contribution in [0, 0.1) is 5.92 Å². The van der Waals surface area contributed by atoms with Crippen molar-refractivity contribution in [3.8, 4) is 5.75 Å². The van der Waals surface area contributed by atoms with Crippen molar-refractivity contribution in [3.05, 3.63) is 45.2 Å². The summed E-state index contributed by atoms with van der Waals surface area (Å²) < 4.78 is 47.9. The normalized spacial score (nSPS) is 16.0. The van der Waals surface area contributed by atoms with Crippen LogP contribution in [-0.4, -0.2) is 41.6 Å². The fraction of sp³-hybridized carbons (Fsp3) is 0.600. The Bertz CT molecular complexity index is 1060. The van der Waals surface area contributed by atoms with Crippen molar-refractivity contribution in [1.82, 2.24) is 9.47 Å². The Balaban J connectivity index is 1.96. The van der Waals surface area contributed by atoms with E-state index in [0.717, 1.165) is 42.9 Å². The fourth-order valence-electron chi connectivity index (χ4n) is 3.78. The molecule has 1 aliphatic rings. The molecule has 1 aromatic heterocycles. The highest BCUT2D eigenvalue weighted by molar-refractivity contribution is 7.09. The molecule has 1 saturated heterocycles. The van der Waals surface area contributed by atoms with Crippen molar-refractivity contribution in [2.45, 2.75) is 65.6 Å². The van der Waals surface area contributed by atoms with Gasteiger partial charge in [-0.05, 0) is 55.5 Å². The average molecular weight is 498 g/mol. The van der Waals surface area contributed by atoms with Gasteiger partial charge in [0.2, 0.25) is 0 Å². The van der Waals surface area contributed by atoms with E-state index in [0.29, 0.717) is 30.4 Å². The van der Waals surface area contributed by atoms with Crippen LogP contribution in [0.4, 0.5) is 13.2 Å². The van der Waals surface area contributed by atoms with Gasteiger partial charge in [-0.1, -0.05) is 34.6 Å². The average Bonchev–Trinajstić information content (AvgIpc) is 3.37. The van der Waals surface area contributed by atoms with Crippen LogP contribution >= 0.6 is 11.3 Å². The summed E-state index contributed by atoms with van der Waals surface area (Å²) in [6, 6.07) is 3.03. The summed E-state index contributed by atoms with van der Waals surface area (Å²) in [5.41, 5.74) is -1.20. The molecule has 0 spiro atoms. The second-order valence-electron chi connectivity index (χ2n) is 10.2. The predicted molar refractivity (Wildman–Crippen MR) is 128 cm³/mol. The van der Waals surface area contributed by atoms with Gasteiger partial charge in [0.1, 0.15) is 12.4 Å². The lowest BCUT2D eigenvalue weighted by atomic mass is 9.95. The highest BCUT2D eigenvalue weighted by Gasteiger charge is 2.32. The molecule has 34 heavy (non-hydrogen) atoms. The van der Waals surface area contributed by atoms with Crippen LogP contribution in [0.2, 0.25) is 0 Å². The van der Waals surface area contributed by atoms with Crippen molar-refractivity contribution in [2.24, 2.45) is 10.9 Å². The number of thiazole rings is 1. The minimum absolute atomic E-state index is 0.129. The minimum atomic E-state index is -4.57. The third-order valence-electron chi connectivity index (χ3n) is 5.62. The van der Waals surface area contributed by atoms with Gasteiger partial charge in [-0.3, -0.25) is 9.69 Å². The molecule has 0 N–H and O–H groups in total. The van der Waals surface area contributed by atoms with Gasteiger partial charge in [0, 0.05) is 24.2 Å². The van der Waals surface area contributed by atoms with Gasteiger partial charge in [-0.15, -0.1) is 11.3 Å². The lowest BCUT2D eigenvalue weighted by Crippen LogP contribution is -2.25. The van der Waals surface area contributed by atoms with Crippen LogP contribution in [0.3, 0.4) is 0 Å². The number of alkyl halides is 3. The van der Waals surface area contributed by atoms with Gasteiger partial charge in [0.15, 0.2) is 4.80 Å². The zero-order valence-corrected chi connectivity index (χ0v) is 21.4. The number of ether oxygens (including phenoxy) is 1. The molecule has 0 radical (unpaired) electrons. The van der Waals surface area contributed by atoms with Crippen molar-refractivity contribution in [2.75, 3.05) is 26.2 Å². The lowest BCUT2D eigenvalue weighted by molar-refractivity contribution is -0.137. The van der Waals surface area contributed by atoms with Crippen LogP contribution in [0.5, 0.6) is 5.75 Å². The van der Waals surface area contributed by atoms with E-state index in [1.54, 1.807) is 0 Å². The summed E-state index contributed by atoms with van der Waals surface area (Å²) in [5, 5.41) is 0. The molecule has 0 saturated carbocycles. The van der Waals surface area contributed by atoms with Gasteiger partial charge in [0.25, 0.3) is 5.91 Å². The van der Waals surface area contributed by atoms with Crippen LogP contribution in [0.15, 0.2) is 29.4 Å². The first-order valence-corrected chi connectivity index (χ1v) is 12.5. The zero-order chi connectivity index (χ0) is 25.1. The molecule has 0 atom stereocenters. The van der Waals surface area contributed by atoms with Crippen LogP contribution in [-0.2, 0) is 18.1 Å². The molecule has 2 aromatic rings. The van der Waals surface area contributed by atoms with Gasteiger partial charge >= 0.3 is 6.18 Å². The second kappa shape index (κ2) is 10.6. The zero-order valence-electron chi connectivity index (χ0n) is 20.5. The number of hydrogen-bond donors (Lipinski definition) is 0. The SMILES string of the molecule is CC(C)Cn1cc(C(C)(C)C)sc1=NC(=O)c1cc(C(F)(F)F)ccc1OCCN1CCCC1. The van der Waals surface area contributed by atoms with E-state index in [1.165, 1.54) is 17.4 Å². The third-order valence-corrected chi connectivity index (χ3v) is 7.07. The number of nitrogens with zero attached hydrogens (tertiary/aromatic N) is 3. The first kappa shape index (κ1) is 26.5. The predicted octanol–water partition coefficient (Wildman–Crippen LogP) is 5.74. The number of carbonyl (C=O) groups excluding carboxylic acids is 1. The summed E-state index contributed by atoms with van der Waals surface area (Å²) in [7, 11) is 0. The number of aromatic nitrogens is 1. The monoisotopic (exact) mass is 497 g/mol. The number of rotatable bonds is 7. The van der Waals surface area contributed by atoms with Gasteiger partial charge in [0.05, 0.1) is 11.1 Å². The molecule has 1 aliphatic heterocycles. The highest BCUT2D eigenvalue weighted by Crippen LogP contribution is 2.33. The third kappa shape index (κ3) is 6.95. The van der Waals surface area contributed by atoms with E-state index >= 15 is 0 Å². The second-order valence-corrected chi connectivity index (χ2v) is 11.2. The smallest absolute Gasteiger partial charge is 0.416 e. The lowest BCUT2D eigenvalue weighted by Gasteiger charge is -2.16. The number of carbonyl (C=O) groups is 1. The van der Waals surface area contributed by atoms with Gasteiger partial charge in [-0.25, -0.2) is 0 Å². The summed E-state index contributed by atoms with van der Waals surface area (Å²) in [5.74, 6) is -0.291. The molecule has 2 heterocycles. The molecule has 1 fully saturated rings. The maximum atomic E-state index is 13.4. The van der Waals surface area contributed by atoms with Crippen LogP contribution < -0.4 is 9.54 Å². The number of halogens is 3. The van der Waals surface area contributed by atoms with E-state index in [1.807, 2.05) is 10.8 Å². The Kier molecular flexibility index (Phi) is 8.29. The highest BCUT2D eigenvalue weighted by atomic mass is 32.1. The van der Waals surface area contributed by atoms with Crippen molar-refractivity contribution in [1.29, 1.82) is 0 Å². The molecule has 1 amide bonds. The van der Waals surface area contributed by atoms with E-state index in [-0.39, 0.29) is 16.7 Å². The summed E-state index contributed by atoms with van der Waals surface area (Å²) in [4.78, 5) is 21.2. The van der Waals surface area contributed by atoms with Crippen molar-refractivity contribution >= 4 is 17.2 Å². The molecular weight excluding hydrogens is 463 g/mol. The number of amides is 1. The molecule has 9 heteroatoms. The topological polar surface area (TPSA) is 46.8 Å². The molecule has 0 aliphatic carbocycles. The van der Waals surface area contributed by atoms with E-state index < -0.39 is 17.6 Å². The first-order valence-electron chi connectivity index (χ1n) is 11.7. The Morgan fingerprint density at radius 3 is 2.44 bits per heavy atom. The summed E-state index contributed by atoms with van der Waals surface area (Å²) in [6.07, 6.45) is -0.313. The number of benzene rings is 1. The molecule has 5 nitrogen and oxygen atoms in total. The Morgan fingerprint density at radius 2 is 1.85 bits per heavy atom. The first-order chi connectivity index (χ1) is 15.8. The van der Waals surface area contributed by atoms with Crippen molar-refractivity contribution < 1.29 is 22.7 Å². The largest absolute Gasteiger partial charge is 0.491 e. The Hall–Kier alpha value is -2.13. The van der Waals surface area contributed by atoms with Crippen LogP contribution in [0.1, 0.15) is 68.3 Å². The minimum Gasteiger partial charge on any atom is -0.491 e. The summed E-state index contributed by atoms with van der Waals surface area (Å²) in [6.45, 7) is 13.9. The number of hydrogen-bond acceptors (Lipinski definition) is 4. The van der Waals surface area contributed by atoms with E-state index in [9.17, 15) is 18.0 Å².